The van der Waals surface area contributed by atoms with Crippen LogP contribution in [0.15, 0.2) is 48.5 Å². The summed E-state index contributed by atoms with van der Waals surface area (Å²) in [6, 6.07) is 14.7. The lowest BCUT2D eigenvalue weighted by Crippen LogP contribution is -2.46. The van der Waals surface area contributed by atoms with Gasteiger partial charge in [-0.2, -0.15) is 0 Å². The van der Waals surface area contributed by atoms with Crippen LogP contribution in [0.25, 0.3) is 0 Å². The first kappa shape index (κ1) is 14.4. The first-order valence-corrected chi connectivity index (χ1v) is 7.51. The Hall–Kier alpha value is -1.58. The predicted octanol–water partition coefficient (Wildman–Crippen LogP) is 3.80. The van der Waals surface area contributed by atoms with E-state index >= 15 is 0 Å². The smallest absolute Gasteiger partial charge is 0.123 e. The number of piperidine rings is 1. The number of benzene rings is 2. The van der Waals surface area contributed by atoms with Gasteiger partial charge in [-0.25, -0.2) is 4.39 Å². The van der Waals surface area contributed by atoms with E-state index in [9.17, 15) is 4.39 Å². The van der Waals surface area contributed by atoms with Crippen molar-refractivity contribution < 1.29 is 4.39 Å². The van der Waals surface area contributed by atoms with Gasteiger partial charge >= 0.3 is 0 Å². The van der Waals surface area contributed by atoms with Gasteiger partial charge < -0.3 is 10.6 Å². The lowest BCUT2D eigenvalue weighted by Gasteiger charge is -2.38. The number of rotatable bonds is 2. The summed E-state index contributed by atoms with van der Waals surface area (Å²) in [4.78, 5) is 2.23. The third-order valence-electron chi connectivity index (χ3n) is 3.98. The van der Waals surface area contributed by atoms with Crippen molar-refractivity contribution in [3.8, 4) is 0 Å². The van der Waals surface area contributed by atoms with Gasteiger partial charge in [-0.05, 0) is 42.3 Å². The number of nitrogens with zero attached hydrogens (tertiary/aromatic N) is 1. The highest BCUT2D eigenvalue weighted by Crippen LogP contribution is 2.30. The Kier molecular flexibility index (Phi) is 4.13. The van der Waals surface area contributed by atoms with Gasteiger partial charge in [-0.15, -0.1) is 0 Å². The van der Waals surface area contributed by atoms with Gasteiger partial charge in [0.15, 0.2) is 0 Å². The molecule has 0 radical (unpaired) electrons. The van der Waals surface area contributed by atoms with Crippen molar-refractivity contribution in [2.24, 2.45) is 5.73 Å². The van der Waals surface area contributed by atoms with E-state index in [-0.39, 0.29) is 17.8 Å². The molecule has 1 aliphatic rings. The molecule has 0 amide bonds. The predicted molar refractivity (Wildman–Crippen MR) is 85.4 cm³/mol. The van der Waals surface area contributed by atoms with Crippen LogP contribution < -0.4 is 10.6 Å². The van der Waals surface area contributed by atoms with Gasteiger partial charge in [0, 0.05) is 35.8 Å². The summed E-state index contributed by atoms with van der Waals surface area (Å²) >= 11 is 6.07. The van der Waals surface area contributed by atoms with Crippen molar-refractivity contribution >= 4 is 17.3 Å². The molecule has 21 heavy (non-hydrogen) atoms. The van der Waals surface area contributed by atoms with Crippen LogP contribution in [0.2, 0.25) is 5.02 Å². The minimum Gasteiger partial charge on any atom is -0.369 e. The number of anilines is 1. The van der Waals surface area contributed by atoms with Gasteiger partial charge in [0.1, 0.15) is 5.82 Å². The maximum atomic E-state index is 13.4. The highest BCUT2D eigenvalue weighted by molar-refractivity contribution is 6.30. The van der Waals surface area contributed by atoms with Gasteiger partial charge in [-0.1, -0.05) is 29.8 Å². The molecule has 0 aromatic heterocycles. The van der Waals surface area contributed by atoms with Crippen LogP contribution in [-0.2, 0) is 0 Å². The van der Waals surface area contributed by atoms with E-state index in [2.05, 4.69) is 4.90 Å². The summed E-state index contributed by atoms with van der Waals surface area (Å²) in [7, 11) is 0. The molecular formula is C17H18ClFN2. The van der Waals surface area contributed by atoms with Crippen LogP contribution in [0.1, 0.15) is 17.9 Å². The van der Waals surface area contributed by atoms with Gasteiger partial charge in [0.05, 0.1) is 0 Å². The molecule has 0 spiro atoms. The Balaban J connectivity index is 1.85. The second-order valence-electron chi connectivity index (χ2n) is 5.63. The van der Waals surface area contributed by atoms with Crippen molar-refractivity contribution in [1.82, 2.24) is 0 Å². The van der Waals surface area contributed by atoms with Crippen LogP contribution in [0.5, 0.6) is 0 Å². The summed E-state index contributed by atoms with van der Waals surface area (Å²) < 4.78 is 13.4. The van der Waals surface area contributed by atoms with Crippen LogP contribution in [0.3, 0.4) is 0 Å². The molecule has 3 rings (SSSR count). The SMILES string of the molecule is NC1CC(c2cccc(F)c2)CN(c2cccc(Cl)c2)C1. The molecular weight excluding hydrogens is 287 g/mol. The average Bonchev–Trinajstić information content (AvgIpc) is 2.46. The first-order chi connectivity index (χ1) is 10.1. The molecule has 0 aliphatic carbocycles. The van der Waals surface area contributed by atoms with E-state index in [0.717, 1.165) is 30.8 Å². The molecule has 1 aliphatic heterocycles. The van der Waals surface area contributed by atoms with Crippen molar-refractivity contribution in [3.05, 3.63) is 64.9 Å². The molecule has 1 saturated heterocycles. The van der Waals surface area contributed by atoms with E-state index in [4.69, 9.17) is 17.3 Å². The standard InChI is InChI=1S/C17H18ClFN2/c18-14-4-2-6-17(9-14)21-10-13(8-16(20)11-21)12-3-1-5-15(19)7-12/h1-7,9,13,16H,8,10-11,20H2. The molecule has 1 heterocycles. The maximum Gasteiger partial charge on any atom is 0.123 e. The zero-order chi connectivity index (χ0) is 14.8. The van der Waals surface area contributed by atoms with Crippen LogP contribution >= 0.6 is 11.6 Å². The Morgan fingerprint density at radius 3 is 2.67 bits per heavy atom. The molecule has 2 nitrogen and oxygen atoms in total. The number of hydrogen-bond donors (Lipinski definition) is 1. The van der Waals surface area contributed by atoms with Crippen LogP contribution in [-0.4, -0.2) is 19.1 Å². The topological polar surface area (TPSA) is 29.3 Å². The van der Waals surface area contributed by atoms with E-state index in [1.165, 1.54) is 6.07 Å². The Labute approximate surface area is 129 Å². The van der Waals surface area contributed by atoms with Crippen molar-refractivity contribution in [3.63, 3.8) is 0 Å². The third kappa shape index (κ3) is 3.36. The van der Waals surface area contributed by atoms with E-state index in [1.54, 1.807) is 12.1 Å². The molecule has 2 atom stereocenters. The van der Waals surface area contributed by atoms with Crippen molar-refractivity contribution in [2.75, 3.05) is 18.0 Å². The fourth-order valence-electron chi connectivity index (χ4n) is 3.02. The second-order valence-corrected chi connectivity index (χ2v) is 6.07. The van der Waals surface area contributed by atoms with Crippen LogP contribution in [0, 0.1) is 5.82 Å². The summed E-state index contributed by atoms with van der Waals surface area (Å²) in [5, 5.41) is 0.717. The maximum absolute atomic E-state index is 13.4. The second kappa shape index (κ2) is 6.04. The number of halogens is 2. The molecule has 0 saturated carbocycles. The molecule has 2 aromatic rings. The fourth-order valence-corrected chi connectivity index (χ4v) is 3.21. The monoisotopic (exact) mass is 304 g/mol. The lowest BCUT2D eigenvalue weighted by atomic mass is 9.88. The van der Waals surface area contributed by atoms with E-state index < -0.39 is 0 Å². The molecule has 2 N–H and O–H groups in total. The quantitative estimate of drug-likeness (QED) is 0.914. The van der Waals surface area contributed by atoms with Gasteiger partial charge in [0.25, 0.3) is 0 Å². The molecule has 2 unspecified atom stereocenters. The Morgan fingerprint density at radius 2 is 1.90 bits per heavy atom. The average molecular weight is 305 g/mol. The normalized spacial score (nSPS) is 22.3. The minimum absolute atomic E-state index is 0.0750. The largest absolute Gasteiger partial charge is 0.369 e. The lowest BCUT2D eigenvalue weighted by molar-refractivity contribution is 0.452. The fraction of sp³-hybridized carbons (Fsp3) is 0.294. The molecule has 2 aromatic carbocycles. The number of hydrogen-bond acceptors (Lipinski definition) is 2. The molecule has 1 fully saturated rings. The van der Waals surface area contributed by atoms with Crippen molar-refractivity contribution in [1.29, 1.82) is 0 Å². The molecule has 0 bridgehead atoms. The van der Waals surface area contributed by atoms with E-state index in [0.29, 0.717) is 5.02 Å². The van der Waals surface area contributed by atoms with E-state index in [1.807, 2.05) is 30.3 Å². The Morgan fingerprint density at radius 1 is 1.10 bits per heavy atom. The third-order valence-corrected chi connectivity index (χ3v) is 4.21. The highest BCUT2D eigenvalue weighted by Gasteiger charge is 2.26. The molecule has 4 heteroatoms. The van der Waals surface area contributed by atoms with Crippen LogP contribution in [0.4, 0.5) is 10.1 Å². The van der Waals surface area contributed by atoms with Crippen molar-refractivity contribution in [2.45, 2.75) is 18.4 Å². The minimum atomic E-state index is -0.194. The molecule has 110 valence electrons. The number of nitrogens with two attached hydrogens (primary N) is 1. The summed E-state index contributed by atoms with van der Waals surface area (Å²) in [5.74, 6) is 0.0457. The first-order valence-electron chi connectivity index (χ1n) is 7.13. The Bertz CT molecular complexity index is 578. The summed E-state index contributed by atoms with van der Waals surface area (Å²) in [6.07, 6.45) is 0.876. The van der Waals surface area contributed by atoms with Gasteiger partial charge in [-0.3, -0.25) is 0 Å². The highest BCUT2D eigenvalue weighted by atomic mass is 35.5. The van der Waals surface area contributed by atoms with Gasteiger partial charge in [0.2, 0.25) is 0 Å². The summed E-state index contributed by atoms with van der Waals surface area (Å²) in [5.41, 5.74) is 8.28. The zero-order valence-corrected chi connectivity index (χ0v) is 12.4. The zero-order valence-electron chi connectivity index (χ0n) is 11.7. The summed E-state index contributed by atoms with van der Waals surface area (Å²) in [6.45, 7) is 1.63.